The minimum atomic E-state index is -0.582. The molecule has 22 heavy (non-hydrogen) atoms. The number of amides is 1. The highest BCUT2D eigenvalue weighted by Gasteiger charge is 2.10. The van der Waals surface area contributed by atoms with Crippen LogP contribution in [0.3, 0.4) is 0 Å². The predicted molar refractivity (Wildman–Crippen MR) is 91.3 cm³/mol. The SMILES string of the molecule is C=C(C#Cc1nc(NC(=O)C(C)N)ccc1CCC)/C=C\C. The van der Waals surface area contributed by atoms with Crippen LogP contribution in [0.15, 0.2) is 36.4 Å². The number of allylic oxidation sites excluding steroid dienone is 3. The first-order valence-corrected chi connectivity index (χ1v) is 7.37. The van der Waals surface area contributed by atoms with Crippen LogP contribution < -0.4 is 11.1 Å². The number of anilines is 1. The number of aromatic nitrogens is 1. The third-order valence-corrected chi connectivity index (χ3v) is 2.87. The van der Waals surface area contributed by atoms with Crippen LogP contribution in [0.25, 0.3) is 0 Å². The van der Waals surface area contributed by atoms with Crippen LogP contribution in [-0.2, 0) is 11.2 Å². The van der Waals surface area contributed by atoms with Crippen LogP contribution in [-0.4, -0.2) is 16.9 Å². The van der Waals surface area contributed by atoms with Gasteiger partial charge in [-0.05, 0) is 37.8 Å². The van der Waals surface area contributed by atoms with Gasteiger partial charge < -0.3 is 11.1 Å². The van der Waals surface area contributed by atoms with Crippen molar-refractivity contribution in [2.24, 2.45) is 5.73 Å². The first-order valence-electron chi connectivity index (χ1n) is 7.37. The molecule has 3 N–H and O–H groups in total. The summed E-state index contributed by atoms with van der Waals surface area (Å²) in [6, 6.07) is 3.13. The molecule has 0 saturated carbocycles. The van der Waals surface area contributed by atoms with E-state index in [1.54, 1.807) is 13.0 Å². The molecule has 1 aromatic heterocycles. The average molecular weight is 297 g/mol. The van der Waals surface area contributed by atoms with Crippen molar-refractivity contribution < 1.29 is 4.79 Å². The second-order valence-electron chi connectivity index (χ2n) is 5.01. The van der Waals surface area contributed by atoms with E-state index in [4.69, 9.17) is 5.73 Å². The fourth-order valence-electron chi connectivity index (χ4n) is 1.76. The Bertz CT molecular complexity index is 633. The summed E-state index contributed by atoms with van der Waals surface area (Å²) in [5.74, 6) is 6.19. The third kappa shape index (κ3) is 5.55. The van der Waals surface area contributed by atoms with Crippen molar-refractivity contribution in [3.8, 4) is 11.8 Å². The molecule has 0 spiro atoms. The minimum Gasteiger partial charge on any atom is -0.320 e. The molecule has 0 aliphatic heterocycles. The van der Waals surface area contributed by atoms with Crippen molar-refractivity contribution in [1.29, 1.82) is 0 Å². The number of hydrogen-bond acceptors (Lipinski definition) is 3. The quantitative estimate of drug-likeness (QED) is 0.648. The molecule has 1 unspecified atom stereocenters. The molecule has 1 amide bonds. The maximum atomic E-state index is 11.7. The van der Waals surface area contributed by atoms with E-state index in [0.29, 0.717) is 11.5 Å². The van der Waals surface area contributed by atoms with Gasteiger partial charge in [0.15, 0.2) is 0 Å². The lowest BCUT2D eigenvalue weighted by Gasteiger charge is -2.09. The summed E-state index contributed by atoms with van der Waals surface area (Å²) in [4.78, 5) is 16.1. The summed E-state index contributed by atoms with van der Waals surface area (Å²) < 4.78 is 0. The molecule has 0 aliphatic carbocycles. The van der Waals surface area contributed by atoms with E-state index in [1.807, 2.05) is 25.1 Å². The standard InChI is InChI=1S/C18H23N3O/c1-5-7-13(3)9-11-16-15(8-6-2)10-12-17(20-16)21-18(22)14(4)19/h5,7,10,12,14H,3,6,8,19H2,1-2,4H3,(H,20,21,22)/b7-5-. The summed E-state index contributed by atoms with van der Waals surface area (Å²) in [5.41, 5.74) is 7.98. The number of carbonyl (C=O) groups is 1. The molecule has 0 fully saturated rings. The molecule has 0 radical (unpaired) electrons. The zero-order chi connectivity index (χ0) is 16.5. The lowest BCUT2D eigenvalue weighted by Crippen LogP contribution is -2.32. The smallest absolute Gasteiger partial charge is 0.242 e. The van der Waals surface area contributed by atoms with Crippen LogP contribution >= 0.6 is 0 Å². The number of rotatable bonds is 5. The van der Waals surface area contributed by atoms with E-state index in [9.17, 15) is 4.79 Å². The van der Waals surface area contributed by atoms with Crippen LogP contribution in [0.5, 0.6) is 0 Å². The number of hydrogen-bond donors (Lipinski definition) is 2. The molecule has 1 rings (SSSR count). The number of aryl methyl sites for hydroxylation is 1. The summed E-state index contributed by atoms with van der Waals surface area (Å²) in [5, 5.41) is 2.68. The van der Waals surface area contributed by atoms with E-state index in [1.165, 1.54) is 0 Å². The minimum absolute atomic E-state index is 0.270. The van der Waals surface area contributed by atoms with Gasteiger partial charge in [0.05, 0.1) is 6.04 Å². The van der Waals surface area contributed by atoms with Gasteiger partial charge >= 0.3 is 0 Å². The molecular formula is C18H23N3O. The molecular weight excluding hydrogens is 274 g/mol. The Morgan fingerprint density at radius 3 is 2.86 bits per heavy atom. The Labute approximate surface area is 132 Å². The Morgan fingerprint density at radius 1 is 1.55 bits per heavy atom. The van der Waals surface area contributed by atoms with Gasteiger partial charge in [0, 0.05) is 5.57 Å². The maximum Gasteiger partial charge on any atom is 0.242 e. The molecule has 1 atom stereocenters. The summed E-state index contributed by atoms with van der Waals surface area (Å²) in [6.07, 6.45) is 5.61. The Balaban J connectivity index is 3.09. The average Bonchev–Trinajstić information content (AvgIpc) is 2.47. The van der Waals surface area contributed by atoms with Crippen LogP contribution in [0.4, 0.5) is 5.82 Å². The van der Waals surface area contributed by atoms with Gasteiger partial charge in [-0.2, -0.15) is 0 Å². The highest BCUT2D eigenvalue weighted by molar-refractivity contribution is 5.93. The van der Waals surface area contributed by atoms with Gasteiger partial charge in [0.2, 0.25) is 5.91 Å². The molecule has 4 heteroatoms. The van der Waals surface area contributed by atoms with Crippen molar-refractivity contribution >= 4 is 11.7 Å². The van der Waals surface area contributed by atoms with E-state index in [0.717, 1.165) is 24.0 Å². The Morgan fingerprint density at radius 2 is 2.27 bits per heavy atom. The molecule has 0 aliphatic rings. The van der Waals surface area contributed by atoms with Crippen LogP contribution in [0.1, 0.15) is 38.4 Å². The third-order valence-electron chi connectivity index (χ3n) is 2.87. The van der Waals surface area contributed by atoms with E-state index in [2.05, 4.69) is 35.6 Å². The summed E-state index contributed by atoms with van der Waals surface area (Å²) in [7, 11) is 0. The monoisotopic (exact) mass is 297 g/mol. The predicted octanol–water partition coefficient (Wildman–Crippen LogP) is 2.80. The van der Waals surface area contributed by atoms with Gasteiger partial charge in [0.25, 0.3) is 0 Å². The lowest BCUT2D eigenvalue weighted by atomic mass is 10.1. The highest BCUT2D eigenvalue weighted by Crippen LogP contribution is 2.13. The van der Waals surface area contributed by atoms with E-state index < -0.39 is 6.04 Å². The zero-order valence-corrected chi connectivity index (χ0v) is 13.4. The zero-order valence-electron chi connectivity index (χ0n) is 13.4. The van der Waals surface area contributed by atoms with Gasteiger partial charge in [-0.3, -0.25) is 4.79 Å². The number of pyridine rings is 1. The Hall–Kier alpha value is -2.38. The lowest BCUT2D eigenvalue weighted by molar-refractivity contribution is -0.117. The first kappa shape index (κ1) is 17.7. The molecule has 1 aromatic rings. The maximum absolute atomic E-state index is 11.7. The molecule has 0 saturated heterocycles. The normalized spacial score (nSPS) is 11.6. The van der Waals surface area contributed by atoms with Gasteiger partial charge in [-0.1, -0.05) is 44.1 Å². The van der Waals surface area contributed by atoms with Crippen molar-refractivity contribution in [3.05, 3.63) is 47.7 Å². The van der Waals surface area contributed by atoms with E-state index in [-0.39, 0.29) is 5.91 Å². The Kier molecular flexibility index (Phi) is 7.07. The summed E-state index contributed by atoms with van der Waals surface area (Å²) >= 11 is 0. The van der Waals surface area contributed by atoms with Crippen molar-refractivity contribution in [2.45, 2.75) is 39.7 Å². The van der Waals surface area contributed by atoms with Crippen LogP contribution in [0, 0.1) is 11.8 Å². The van der Waals surface area contributed by atoms with Gasteiger partial charge in [-0.25, -0.2) is 4.98 Å². The fraction of sp³-hybridized carbons (Fsp3) is 0.333. The van der Waals surface area contributed by atoms with E-state index >= 15 is 0 Å². The summed E-state index contributed by atoms with van der Waals surface area (Å²) in [6.45, 7) is 9.50. The molecule has 4 nitrogen and oxygen atoms in total. The molecule has 0 aromatic carbocycles. The van der Waals surface area contributed by atoms with Gasteiger partial charge in [0.1, 0.15) is 11.5 Å². The van der Waals surface area contributed by atoms with Crippen molar-refractivity contribution in [1.82, 2.24) is 4.98 Å². The number of carbonyl (C=O) groups excluding carboxylic acids is 1. The van der Waals surface area contributed by atoms with Crippen LogP contribution in [0.2, 0.25) is 0 Å². The molecule has 116 valence electrons. The van der Waals surface area contributed by atoms with Crippen molar-refractivity contribution in [2.75, 3.05) is 5.32 Å². The molecule has 1 heterocycles. The largest absolute Gasteiger partial charge is 0.320 e. The highest BCUT2D eigenvalue weighted by atomic mass is 16.2. The molecule has 0 bridgehead atoms. The number of nitrogens with two attached hydrogens (primary N) is 1. The topological polar surface area (TPSA) is 68.0 Å². The number of nitrogens with one attached hydrogen (secondary N) is 1. The van der Waals surface area contributed by atoms with Crippen molar-refractivity contribution in [3.63, 3.8) is 0 Å². The van der Waals surface area contributed by atoms with Gasteiger partial charge in [-0.15, -0.1) is 0 Å². The fourth-order valence-corrected chi connectivity index (χ4v) is 1.76. The second kappa shape index (κ2) is 8.81. The first-order chi connectivity index (χ1) is 10.5. The second-order valence-corrected chi connectivity index (χ2v) is 5.01. The number of nitrogens with zero attached hydrogens (tertiary/aromatic N) is 1.